The fourth-order valence-electron chi connectivity index (χ4n) is 0.948. The highest BCUT2D eigenvalue weighted by molar-refractivity contribution is 5.66. The molecule has 64 valence electrons. The first-order chi connectivity index (χ1) is 5.20. The summed E-state index contributed by atoms with van der Waals surface area (Å²) in [5.74, 6) is 0.733. The van der Waals surface area contributed by atoms with E-state index in [1.165, 1.54) is 12.0 Å². The van der Waals surface area contributed by atoms with Gasteiger partial charge in [0.15, 0.2) is 0 Å². The molecule has 0 amide bonds. The van der Waals surface area contributed by atoms with E-state index in [0.717, 1.165) is 25.0 Å². The van der Waals surface area contributed by atoms with Gasteiger partial charge in [-0.15, -0.1) is 0 Å². The van der Waals surface area contributed by atoms with E-state index < -0.39 is 0 Å². The van der Waals surface area contributed by atoms with Crippen molar-refractivity contribution in [2.75, 3.05) is 0 Å². The highest BCUT2D eigenvalue weighted by Crippen LogP contribution is 2.13. The average molecular weight is 154 g/mol. The third-order valence-electron chi connectivity index (χ3n) is 1.80. The predicted octanol–water partition coefficient (Wildman–Crippen LogP) is 2.96. The number of allylic oxidation sites excluding steroid dienone is 2. The first-order valence-electron chi connectivity index (χ1n) is 4.33. The molecule has 0 aromatic heterocycles. The van der Waals surface area contributed by atoms with E-state index in [9.17, 15) is 4.79 Å². The molecule has 0 rings (SSSR count). The largest absolute Gasteiger partial charge is 0.299 e. The van der Waals surface area contributed by atoms with Crippen LogP contribution in [0, 0.1) is 5.92 Å². The molecule has 1 nitrogen and oxygen atoms in total. The molecule has 11 heavy (non-hydrogen) atoms. The molecule has 0 heterocycles. The smallest absolute Gasteiger partial charge is 0.142 e. The average Bonchev–Trinajstić information content (AvgIpc) is 1.97. The van der Waals surface area contributed by atoms with E-state index in [2.05, 4.69) is 20.8 Å². The van der Waals surface area contributed by atoms with Gasteiger partial charge in [-0.2, -0.15) is 0 Å². The second kappa shape index (κ2) is 6.14. The van der Waals surface area contributed by atoms with Gasteiger partial charge >= 0.3 is 0 Å². The highest BCUT2D eigenvalue weighted by Gasteiger charge is 1.96. The Hall–Kier alpha value is -0.590. The van der Waals surface area contributed by atoms with Gasteiger partial charge in [-0.1, -0.05) is 26.3 Å². The molecular formula is C10H18O. The zero-order valence-electron chi connectivity index (χ0n) is 7.76. The summed E-state index contributed by atoms with van der Waals surface area (Å²) in [6, 6.07) is 0. The summed E-state index contributed by atoms with van der Waals surface area (Å²) in [5, 5.41) is 0. The molecule has 0 saturated carbocycles. The zero-order valence-corrected chi connectivity index (χ0v) is 7.76. The number of rotatable bonds is 5. The topological polar surface area (TPSA) is 17.1 Å². The van der Waals surface area contributed by atoms with Gasteiger partial charge in [-0.3, -0.25) is 4.79 Å². The van der Waals surface area contributed by atoms with Crippen LogP contribution in [0.3, 0.4) is 0 Å². The van der Waals surface area contributed by atoms with Crippen molar-refractivity contribution in [2.45, 2.75) is 40.0 Å². The SMILES string of the molecule is CC/C(=C\C=O)CCC(C)C. The van der Waals surface area contributed by atoms with Crippen LogP contribution in [0.15, 0.2) is 11.6 Å². The van der Waals surface area contributed by atoms with Gasteiger partial charge in [-0.05, 0) is 31.3 Å². The molecular weight excluding hydrogens is 136 g/mol. The maximum absolute atomic E-state index is 10.1. The van der Waals surface area contributed by atoms with Crippen LogP contribution in [0.4, 0.5) is 0 Å². The lowest BCUT2D eigenvalue weighted by Crippen LogP contribution is -1.89. The minimum absolute atomic E-state index is 0.733. The molecule has 0 aromatic carbocycles. The van der Waals surface area contributed by atoms with Crippen LogP contribution in [0.25, 0.3) is 0 Å². The van der Waals surface area contributed by atoms with Crippen LogP contribution in [-0.2, 0) is 4.79 Å². The summed E-state index contributed by atoms with van der Waals surface area (Å²) >= 11 is 0. The summed E-state index contributed by atoms with van der Waals surface area (Å²) in [7, 11) is 0. The number of hydrogen-bond acceptors (Lipinski definition) is 1. The van der Waals surface area contributed by atoms with E-state index in [0.29, 0.717) is 0 Å². The van der Waals surface area contributed by atoms with Gasteiger partial charge in [0.05, 0.1) is 0 Å². The van der Waals surface area contributed by atoms with Gasteiger partial charge in [0.1, 0.15) is 6.29 Å². The fraction of sp³-hybridized carbons (Fsp3) is 0.700. The van der Waals surface area contributed by atoms with Crippen molar-refractivity contribution in [1.29, 1.82) is 0 Å². The Bertz CT molecular complexity index is 134. The van der Waals surface area contributed by atoms with E-state index >= 15 is 0 Å². The van der Waals surface area contributed by atoms with Gasteiger partial charge in [0.25, 0.3) is 0 Å². The van der Waals surface area contributed by atoms with Crippen LogP contribution in [0.1, 0.15) is 40.0 Å². The summed E-state index contributed by atoms with van der Waals surface area (Å²) in [6.45, 7) is 6.50. The van der Waals surface area contributed by atoms with Crippen molar-refractivity contribution in [3.63, 3.8) is 0 Å². The van der Waals surface area contributed by atoms with Crippen LogP contribution in [0.2, 0.25) is 0 Å². The molecule has 0 aliphatic carbocycles. The van der Waals surface area contributed by atoms with Crippen molar-refractivity contribution in [3.8, 4) is 0 Å². The number of aldehydes is 1. The zero-order chi connectivity index (χ0) is 8.69. The quantitative estimate of drug-likeness (QED) is 0.439. The maximum atomic E-state index is 10.1. The number of carbonyl (C=O) groups is 1. The Labute approximate surface area is 69.5 Å². The van der Waals surface area contributed by atoms with Crippen molar-refractivity contribution in [2.24, 2.45) is 5.92 Å². The Morgan fingerprint density at radius 3 is 2.45 bits per heavy atom. The summed E-state index contributed by atoms with van der Waals surface area (Å²) < 4.78 is 0. The molecule has 0 bridgehead atoms. The first kappa shape index (κ1) is 10.4. The van der Waals surface area contributed by atoms with Gasteiger partial charge in [-0.25, -0.2) is 0 Å². The van der Waals surface area contributed by atoms with Crippen LogP contribution in [0.5, 0.6) is 0 Å². The molecule has 0 spiro atoms. The first-order valence-corrected chi connectivity index (χ1v) is 4.33. The van der Waals surface area contributed by atoms with E-state index in [1.54, 1.807) is 6.08 Å². The lowest BCUT2D eigenvalue weighted by molar-refractivity contribution is -0.104. The minimum atomic E-state index is 0.733. The minimum Gasteiger partial charge on any atom is -0.299 e. The number of hydrogen-bond donors (Lipinski definition) is 0. The molecule has 0 radical (unpaired) electrons. The third kappa shape index (κ3) is 5.84. The standard InChI is InChI=1S/C10H18O/c1-4-10(7-8-11)6-5-9(2)3/h7-9H,4-6H2,1-3H3/b10-7+. The van der Waals surface area contributed by atoms with Crippen LogP contribution < -0.4 is 0 Å². The van der Waals surface area contributed by atoms with Crippen LogP contribution in [-0.4, -0.2) is 6.29 Å². The fourth-order valence-corrected chi connectivity index (χ4v) is 0.948. The number of carbonyl (C=O) groups excluding carboxylic acids is 1. The summed E-state index contributed by atoms with van der Waals surface area (Å²) in [6.07, 6.45) is 5.85. The summed E-state index contributed by atoms with van der Waals surface area (Å²) in [5.41, 5.74) is 1.27. The molecule has 0 aliphatic heterocycles. The molecule has 0 atom stereocenters. The molecule has 0 N–H and O–H groups in total. The third-order valence-corrected chi connectivity index (χ3v) is 1.80. The molecule has 0 unspecified atom stereocenters. The molecule has 1 heteroatoms. The Kier molecular flexibility index (Phi) is 5.81. The lowest BCUT2D eigenvalue weighted by atomic mass is 10.0. The van der Waals surface area contributed by atoms with Gasteiger partial charge in [0.2, 0.25) is 0 Å². The predicted molar refractivity (Wildman–Crippen MR) is 48.5 cm³/mol. The normalized spacial score (nSPS) is 12.2. The van der Waals surface area contributed by atoms with Gasteiger partial charge < -0.3 is 0 Å². The van der Waals surface area contributed by atoms with E-state index in [4.69, 9.17) is 0 Å². The van der Waals surface area contributed by atoms with E-state index in [1.807, 2.05) is 0 Å². The van der Waals surface area contributed by atoms with Gasteiger partial charge in [0, 0.05) is 0 Å². The molecule has 0 fully saturated rings. The Morgan fingerprint density at radius 1 is 1.45 bits per heavy atom. The summed E-state index contributed by atoms with van der Waals surface area (Å²) in [4.78, 5) is 10.1. The lowest BCUT2D eigenvalue weighted by Gasteiger charge is -2.05. The molecule has 0 saturated heterocycles. The van der Waals surface area contributed by atoms with Crippen molar-refractivity contribution in [1.82, 2.24) is 0 Å². The second-order valence-corrected chi connectivity index (χ2v) is 3.25. The molecule has 0 aromatic rings. The highest BCUT2D eigenvalue weighted by atomic mass is 16.1. The monoisotopic (exact) mass is 154 g/mol. The van der Waals surface area contributed by atoms with Crippen molar-refractivity contribution >= 4 is 6.29 Å². The second-order valence-electron chi connectivity index (χ2n) is 3.25. The van der Waals surface area contributed by atoms with Crippen LogP contribution >= 0.6 is 0 Å². The Balaban J connectivity index is 3.69. The Morgan fingerprint density at radius 2 is 2.09 bits per heavy atom. The molecule has 0 aliphatic rings. The maximum Gasteiger partial charge on any atom is 0.142 e. The van der Waals surface area contributed by atoms with Crippen molar-refractivity contribution < 1.29 is 4.79 Å². The van der Waals surface area contributed by atoms with Crippen molar-refractivity contribution in [3.05, 3.63) is 11.6 Å². The van der Waals surface area contributed by atoms with E-state index in [-0.39, 0.29) is 0 Å².